The maximum atomic E-state index is 10.8. The number of fused-ring (bicyclic) bond motifs is 1. The van der Waals surface area contributed by atoms with Crippen LogP contribution in [0.5, 0.6) is 0 Å². The lowest BCUT2D eigenvalue weighted by atomic mass is 10.1. The number of nitro groups is 1. The number of H-pyrrole nitrogens is 1. The summed E-state index contributed by atoms with van der Waals surface area (Å²) < 4.78 is 0. The Labute approximate surface area is 114 Å². The van der Waals surface area contributed by atoms with Gasteiger partial charge in [0.1, 0.15) is 11.6 Å². The van der Waals surface area contributed by atoms with E-state index >= 15 is 0 Å². The van der Waals surface area contributed by atoms with E-state index in [4.69, 9.17) is 10.8 Å². The summed E-state index contributed by atoms with van der Waals surface area (Å²) in [6.45, 7) is 0. The maximum Gasteiger partial charge on any atom is 0.320 e. The fourth-order valence-electron chi connectivity index (χ4n) is 1.84. The molecule has 0 saturated carbocycles. The van der Waals surface area contributed by atoms with Crippen LogP contribution in [0.3, 0.4) is 0 Å². The minimum Gasteiger partial charge on any atom is -0.480 e. The molecule has 0 fully saturated rings. The van der Waals surface area contributed by atoms with Crippen LogP contribution in [0.2, 0.25) is 0 Å². The van der Waals surface area contributed by atoms with Crippen LogP contribution in [0.25, 0.3) is 10.9 Å². The minimum absolute atomic E-state index is 0. The van der Waals surface area contributed by atoms with Gasteiger partial charge in [-0.05, 0) is 5.56 Å². The molecule has 0 bridgehead atoms. The Kier molecular flexibility index (Phi) is 4.47. The monoisotopic (exact) mass is 285 g/mol. The number of benzene rings is 1. The number of rotatable bonds is 4. The first-order valence-corrected chi connectivity index (χ1v) is 5.22. The quantitative estimate of drug-likeness (QED) is 0.579. The van der Waals surface area contributed by atoms with Crippen LogP contribution in [0.1, 0.15) is 5.56 Å². The molecule has 2 aromatic rings. The number of nitrogens with one attached hydrogen (secondary N) is 1. The van der Waals surface area contributed by atoms with Gasteiger partial charge in [-0.25, -0.2) is 0 Å². The van der Waals surface area contributed by atoms with Crippen molar-refractivity contribution in [3.63, 3.8) is 0 Å². The zero-order valence-electron chi connectivity index (χ0n) is 9.70. The van der Waals surface area contributed by atoms with Crippen LogP contribution in [0, 0.1) is 10.1 Å². The summed E-state index contributed by atoms with van der Waals surface area (Å²) in [5.41, 5.74) is 6.45. The number of aliphatic carboxylic acids is 1. The van der Waals surface area contributed by atoms with Crippen LogP contribution >= 0.6 is 12.4 Å². The molecule has 8 heteroatoms. The molecule has 1 aromatic heterocycles. The lowest BCUT2D eigenvalue weighted by Crippen LogP contribution is -2.32. The van der Waals surface area contributed by atoms with Crippen molar-refractivity contribution in [2.24, 2.45) is 5.73 Å². The molecular weight excluding hydrogens is 274 g/mol. The minimum atomic E-state index is -1.10. The van der Waals surface area contributed by atoms with Gasteiger partial charge in [0, 0.05) is 24.1 Å². The normalized spacial score (nSPS) is 11.8. The third-order valence-corrected chi connectivity index (χ3v) is 2.73. The van der Waals surface area contributed by atoms with Crippen molar-refractivity contribution >= 4 is 35.0 Å². The van der Waals surface area contributed by atoms with Gasteiger partial charge in [-0.3, -0.25) is 14.9 Å². The van der Waals surface area contributed by atoms with E-state index in [2.05, 4.69) is 4.98 Å². The Morgan fingerprint density at radius 2 is 2.21 bits per heavy atom. The summed E-state index contributed by atoms with van der Waals surface area (Å²) in [4.78, 5) is 23.8. The molecule has 102 valence electrons. The lowest BCUT2D eigenvalue weighted by Gasteiger charge is -2.04. The third kappa shape index (κ3) is 2.83. The Morgan fingerprint density at radius 3 is 2.79 bits per heavy atom. The van der Waals surface area contributed by atoms with Crippen molar-refractivity contribution in [2.75, 3.05) is 0 Å². The SMILES string of the molecule is Cl.N[C@@H](Cc1c[nH]c2c([N+](=O)[O-])cccc12)C(=O)O. The number of carboxylic acids is 1. The van der Waals surface area contributed by atoms with Gasteiger partial charge in [-0.15, -0.1) is 12.4 Å². The number of para-hydroxylation sites is 1. The molecule has 1 atom stereocenters. The highest BCUT2D eigenvalue weighted by atomic mass is 35.5. The van der Waals surface area contributed by atoms with E-state index in [1.54, 1.807) is 18.3 Å². The van der Waals surface area contributed by atoms with Crippen molar-refractivity contribution < 1.29 is 14.8 Å². The number of nitrogens with zero attached hydrogens (tertiary/aromatic N) is 1. The van der Waals surface area contributed by atoms with Gasteiger partial charge in [0.15, 0.2) is 0 Å². The van der Waals surface area contributed by atoms with Crippen molar-refractivity contribution in [2.45, 2.75) is 12.5 Å². The van der Waals surface area contributed by atoms with Crippen LogP contribution in [-0.4, -0.2) is 27.0 Å². The average Bonchev–Trinajstić information content (AvgIpc) is 2.72. The van der Waals surface area contributed by atoms with Gasteiger partial charge in [0.2, 0.25) is 0 Å². The Hall–Kier alpha value is -2.12. The molecule has 4 N–H and O–H groups in total. The van der Waals surface area contributed by atoms with Crippen molar-refractivity contribution in [1.29, 1.82) is 0 Å². The Balaban J connectivity index is 0.00000180. The second-order valence-corrected chi connectivity index (χ2v) is 3.92. The van der Waals surface area contributed by atoms with Gasteiger partial charge < -0.3 is 15.8 Å². The van der Waals surface area contributed by atoms with Crippen LogP contribution in [0.4, 0.5) is 5.69 Å². The van der Waals surface area contributed by atoms with E-state index in [0.717, 1.165) is 0 Å². The molecule has 0 aliphatic heterocycles. The van der Waals surface area contributed by atoms with Gasteiger partial charge >= 0.3 is 5.97 Å². The van der Waals surface area contributed by atoms with Gasteiger partial charge in [0.05, 0.1) is 4.92 Å². The molecule has 0 saturated heterocycles. The number of nitro benzene ring substituents is 1. The van der Waals surface area contributed by atoms with Crippen LogP contribution in [0.15, 0.2) is 24.4 Å². The number of aromatic amines is 1. The molecular formula is C11H12ClN3O4. The number of hydrogen-bond acceptors (Lipinski definition) is 4. The topological polar surface area (TPSA) is 122 Å². The zero-order valence-corrected chi connectivity index (χ0v) is 10.5. The predicted molar refractivity (Wildman–Crippen MR) is 71.5 cm³/mol. The summed E-state index contributed by atoms with van der Waals surface area (Å²) in [7, 11) is 0. The second-order valence-electron chi connectivity index (χ2n) is 3.92. The summed E-state index contributed by atoms with van der Waals surface area (Å²) in [6, 6.07) is 3.62. The lowest BCUT2D eigenvalue weighted by molar-refractivity contribution is -0.383. The fourth-order valence-corrected chi connectivity index (χ4v) is 1.84. The molecule has 2 rings (SSSR count). The van der Waals surface area contributed by atoms with Crippen LogP contribution < -0.4 is 5.73 Å². The van der Waals surface area contributed by atoms with E-state index in [1.165, 1.54) is 6.07 Å². The molecule has 0 aliphatic carbocycles. The summed E-state index contributed by atoms with van der Waals surface area (Å²) >= 11 is 0. The largest absolute Gasteiger partial charge is 0.480 e. The Morgan fingerprint density at radius 1 is 1.53 bits per heavy atom. The zero-order chi connectivity index (χ0) is 13.3. The van der Waals surface area contributed by atoms with Gasteiger partial charge in [-0.1, -0.05) is 12.1 Å². The molecule has 0 spiro atoms. The number of halogens is 1. The molecule has 19 heavy (non-hydrogen) atoms. The highest BCUT2D eigenvalue weighted by molar-refractivity contribution is 5.91. The highest BCUT2D eigenvalue weighted by Crippen LogP contribution is 2.27. The van der Waals surface area contributed by atoms with Crippen molar-refractivity contribution in [3.8, 4) is 0 Å². The predicted octanol–water partition coefficient (Wildman–Crippen LogP) is 1.45. The van der Waals surface area contributed by atoms with E-state index in [0.29, 0.717) is 16.5 Å². The van der Waals surface area contributed by atoms with Crippen molar-refractivity contribution in [1.82, 2.24) is 4.98 Å². The number of nitrogens with two attached hydrogens (primary N) is 1. The first-order chi connectivity index (χ1) is 8.50. The first kappa shape index (κ1) is 14.9. The first-order valence-electron chi connectivity index (χ1n) is 5.22. The molecule has 0 radical (unpaired) electrons. The fraction of sp³-hybridized carbons (Fsp3) is 0.182. The van der Waals surface area contributed by atoms with E-state index in [-0.39, 0.29) is 24.5 Å². The number of hydrogen-bond donors (Lipinski definition) is 3. The van der Waals surface area contributed by atoms with E-state index in [1.807, 2.05) is 0 Å². The number of aromatic nitrogens is 1. The Bertz CT molecular complexity index is 625. The maximum absolute atomic E-state index is 10.8. The van der Waals surface area contributed by atoms with Gasteiger partial charge in [0.25, 0.3) is 5.69 Å². The molecule has 0 unspecified atom stereocenters. The van der Waals surface area contributed by atoms with Crippen LogP contribution in [-0.2, 0) is 11.2 Å². The smallest absolute Gasteiger partial charge is 0.320 e. The van der Waals surface area contributed by atoms with Crippen molar-refractivity contribution in [3.05, 3.63) is 40.1 Å². The molecule has 1 aromatic carbocycles. The molecule has 1 heterocycles. The van der Waals surface area contributed by atoms with E-state index < -0.39 is 16.9 Å². The molecule has 7 nitrogen and oxygen atoms in total. The van der Waals surface area contributed by atoms with E-state index in [9.17, 15) is 14.9 Å². The number of carboxylic acid groups (broad SMARTS) is 1. The molecule has 0 aliphatic rings. The third-order valence-electron chi connectivity index (χ3n) is 2.73. The summed E-state index contributed by atoms with van der Waals surface area (Å²) in [5, 5.41) is 20.2. The standard InChI is InChI=1S/C11H11N3O4.ClH/c12-8(11(15)16)4-6-5-13-10-7(6)2-1-3-9(10)14(17)18;/h1-3,5,8,13H,4,12H2,(H,15,16);1H/t8-;/m0./s1. The second kappa shape index (κ2) is 5.68. The molecule has 0 amide bonds. The highest BCUT2D eigenvalue weighted by Gasteiger charge is 2.18. The van der Waals surface area contributed by atoms with Gasteiger partial charge in [-0.2, -0.15) is 0 Å². The number of non-ortho nitro benzene ring substituents is 1. The average molecular weight is 286 g/mol. The summed E-state index contributed by atoms with van der Waals surface area (Å²) in [5.74, 6) is -1.10. The number of carbonyl (C=O) groups is 1. The summed E-state index contributed by atoms with van der Waals surface area (Å²) in [6.07, 6.45) is 1.68.